The summed E-state index contributed by atoms with van der Waals surface area (Å²) in [5, 5.41) is 9.16. The Morgan fingerprint density at radius 1 is 1.22 bits per heavy atom. The topological polar surface area (TPSA) is 96.4 Å². The van der Waals surface area contributed by atoms with Gasteiger partial charge in [0.2, 0.25) is 0 Å². The molecule has 0 aromatic carbocycles. The molecule has 0 saturated carbocycles. The van der Waals surface area contributed by atoms with E-state index in [-0.39, 0.29) is 18.3 Å². The van der Waals surface area contributed by atoms with E-state index in [1.807, 2.05) is 4.90 Å². The van der Waals surface area contributed by atoms with Crippen LogP contribution in [0.5, 0.6) is 0 Å². The zero-order chi connectivity index (χ0) is 17.4. The molecule has 0 spiro atoms. The number of amides is 1. The van der Waals surface area contributed by atoms with Crippen LogP contribution in [0.15, 0.2) is 0 Å². The van der Waals surface area contributed by atoms with E-state index < -0.39 is 23.2 Å². The summed E-state index contributed by atoms with van der Waals surface area (Å²) in [4.78, 5) is 38.1. The minimum atomic E-state index is -0.921. The molecule has 2 aliphatic heterocycles. The van der Waals surface area contributed by atoms with Crippen molar-refractivity contribution in [1.82, 2.24) is 9.80 Å². The molecule has 23 heavy (non-hydrogen) atoms. The fourth-order valence-electron chi connectivity index (χ4n) is 3.01. The van der Waals surface area contributed by atoms with Gasteiger partial charge in [-0.25, -0.2) is 4.79 Å². The lowest BCUT2D eigenvalue weighted by atomic mass is 9.80. The van der Waals surface area contributed by atoms with Gasteiger partial charge in [-0.15, -0.1) is 0 Å². The van der Waals surface area contributed by atoms with E-state index in [1.165, 1.54) is 12.0 Å². The molecule has 0 aromatic rings. The summed E-state index contributed by atoms with van der Waals surface area (Å²) in [5.74, 6) is -1.42. The van der Waals surface area contributed by atoms with Gasteiger partial charge in [0.05, 0.1) is 25.0 Å². The number of likely N-dealkylation sites (tertiary alicyclic amines) is 2. The molecule has 0 aliphatic carbocycles. The lowest BCUT2D eigenvalue weighted by Crippen LogP contribution is -2.76. The fourth-order valence-corrected chi connectivity index (χ4v) is 3.01. The first-order valence-corrected chi connectivity index (χ1v) is 7.59. The molecule has 130 valence electrons. The highest BCUT2D eigenvalue weighted by molar-refractivity contribution is 5.75. The number of hydrogen-bond acceptors (Lipinski definition) is 6. The predicted octanol–water partition coefficient (Wildman–Crippen LogP) is 0.555. The van der Waals surface area contributed by atoms with Crippen molar-refractivity contribution in [3.05, 3.63) is 0 Å². The van der Waals surface area contributed by atoms with Crippen LogP contribution in [0, 0.1) is 5.92 Å². The molecule has 2 rings (SSSR count). The second-order valence-electron chi connectivity index (χ2n) is 7.26. The lowest BCUT2D eigenvalue weighted by Gasteiger charge is -2.59. The van der Waals surface area contributed by atoms with Gasteiger partial charge in [-0.3, -0.25) is 14.5 Å². The number of hydrogen-bond donors (Lipinski definition) is 1. The van der Waals surface area contributed by atoms with Gasteiger partial charge in [-0.05, 0) is 20.8 Å². The molecule has 1 N–H and O–H groups in total. The molecule has 1 amide bonds. The number of esters is 1. The monoisotopic (exact) mass is 328 g/mol. The van der Waals surface area contributed by atoms with Gasteiger partial charge in [0.1, 0.15) is 5.60 Å². The quantitative estimate of drug-likeness (QED) is 0.753. The van der Waals surface area contributed by atoms with Crippen LogP contribution in [-0.2, 0) is 19.1 Å². The summed E-state index contributed by atoms with van der Waals surface area (Å²) in [5.41, 5.74) is -1.21. The summed E-state index contributed by atoms with van der Waals surface area (Å²) in [6.07, 6.45) is -0.510. The van der Waals surface area contributed by atoms with Gasteiger partial charge in [0.15, 0.2) is 0 Å². The number of carbonyl (C=O) groups excluding carboxylic acids is 2. The number of ether oxygens (including phenoxy) is 2. The summed E-state index contributed by atoms with van der Waals surface area (Å²) >= 11 is 0. The first-order chi connectivity index (χ1) is 10.6. The second kappa shape index (κ2) is 5.99. The number of methoxy groups -OCH3 is 1. The van der Waals surface area contributed by atoms with Crippen molar-refractivity contribution < 1.29 is 29.0 Å². The van der Waals surface area contributed by atoms with E-state index in [1.54, 1.807) is 20.8 Å². The van der Waals surface area contributed by atoms with Crippen molar-refractivity contribution in [2.45, 2.75) is 38.3 Å². The van der Waals surface area contributed by atoms with E-state index in [0.29, 0.717) is 26.2 Å². The molecule has 0 bridgehead atoms. The van der Waals surface area contributed by atoms with Crippen molar-refractivity contribution in [3.63, 3.8) is 0 Å². The Balaban J connectivity index is 1.95. The Kier molecular flexibility index (Phi) is 4.57. The predicted molar refractivity (Wildman–Crippen MR) is 79.9 cm³/mol. The number of carboxylic acids is 1. The summed E-state index contributed by atoms with van der Waals surface area (Å²) < 4.78 is 9.99. The average Bonchev–Trinajstić information content (AvgIpc) is 2.29. The Labute approximate surface area is 135 Å². The average molecular weight is 328 g/mol. The maximum absolute atomic E-state index is 12.0. The van der Waals surface area contributed by atoms with Crippen LogP contribution in [0.1, 0.15) is 27.2 Å². The Morgan fingerprint density at radius 3 is 2.22 bits per heavy atom. The van der Waals surface area contributed by atoms with Crippen molar-refractivity contribution >= 4 is 18.0 Å². The normalized spacial score (nSPS) is 21.1. The van der Waals surface area contributed by atoms with E-state index in [4.69, 9.17) is 14.6 Å². The second-order valence-corrected chi connectivity index (χ2v) is 7.26. The van der Waals surface area contributed by atoms with E-state index in [2.05, 4.69) is 0 Å². The van der Waals surface area contributed by atoms with Crippen molar-refractivity contribution in [2.24, 2.45) is 5.92 Å². The smallest absolute Gasteiger partial charge is 0.410 e. The molecule has 0 unspecified atom stereocenters. The number of rotatable bonds is 4. The Hall–Kier alpha value is -1.83. The molecule has 0 radical (unpaired) electrons. The molecule has 2 fully saturated rings. The van der Waals surface area contributed by atoms with Gasteiger partial charge in [0.25, 0.3) is 0 Å². The molecular formula is C15H24N2O6. The van der Waals surface area contributed by atoms with Gasteiger partial charge >= 0.3 is 18.0 Å². The highest BCUT2D eigenvalue weighted by Crippen LogP contribution is 2.37. The molecule has 0 aromatic heterocycles. The molecule has 0 atom stereocenters. The maximum atomic E-state index is 12.0. The zero-order valence-corrected chi connectivity index (χ0v) is 14.0. The lowest BCUT2D eigenvalue weighted by molar-refractivity contribution is -0.166. The van der Waals surface area contributed by atoms with Gasteiger partial charge < -0.3 is 19.5 Å². The van der Waals surface area contributed by atoms with Crippen LogP contribution in [0.25, 0.3) is 0 Å². The SMILES string of the molecule is COC(=O)C1CN(C2(CC(=O)O)CN(C(=O)OC(C)(C)C)C2)C1. The van der Waals surface area contributed by atoms with Gasteiger partial charge in [-0.2, -0.15) is 0 Å². The number of aliphatic carboxylic acids is 1. The van der Waals surface area contributed by atoms with Gasteiger partial charge in [-0.1, -0.05) is 0 Å². The minimum Gasteiger partial charge on any atom is -0.481 e. The number of nitrogens with zero attached hydrogens (tertiary/aromatic N) is 2. The zero-order valence-electron chi connectivity index (χ0n) is 14.0. The number of carbonyl (C=O) groups is 3. The Bertz CT molecular complexity index is 501. The van der Waals surface area contributed by atoms with Crippen LogP contribution >= 0.6 is 0 Å². The third-order valence-electron chi connectivity index (χ3n) is 4.19. The highest BCUT2D eigenvalue weighted by Gasteiger charge is 2.55. The third kappa shape index (κ3) is 3.74. The fraction of sp³-hybridized carbons (Fsp3) is 0.800. The molecular weight excluding hydrogens is 304 g/mol. The Morgan fingerprint density at radius 2 is 1.78 bits per heavy atom. The third-order valence-corrected chi connectivity index (χ3v) is 4.19. The molecule has 2 saturated heterocycles. The van der Waals surface area contributed by atoms with E-state index >= 15 is 0 Å². The van der Waals surface area contributed by atoms with Crippen LogP contribution in [0.4, 0.5) is 4.79 Å². The summed E-state index contributed by atoms with van der Waals surface area (Å²) in [7, 11) is 1.34. The maximum Gasteiger partial charge on any atom is 0.410 e. The van der Waals surface area contributed by atoms with E-state index in [0.717, 1.165) is 0 Å². The molecule has 8 heteroatoms. The van der Waals surface area contributed by atoms with Gasteiger partial charge in [0, 0.05) is 26.2 Å². The minimum absolute atomic E-state index is 0.0693. The van der Waals surface area contributed by atoms with Crippen LogP contribution in [-0.4, -0.2) is 77.4 Å². The first-order valence-electron chi connectivity index (χ1n) is 7.59. The van der Waals surface area contributed by atoms with Crippen molar-refractivity contribution in [3.8, 4) is 0 Å². The number of carboxylic acid groups (broad SMARTS) is 1. The standard InChI is InChI=1S/C15H24N2O6/c1-14(2,3)23-13(21)16-8-15(9-16,5-11(18)19)17-6-10(7-17)12(20)22-4/h10H,5-9H2,1-4H3,(H,18,19). The van der Waals surface area contributed by atoms with Crippen LogP contribution in [0.3, 0.4) is 0 Å². The first kappa shape index (κ1) is 17.5. The molecule has 8 nitrogen and oxygen atoms in total. The molecule has 2 aliphatic rings. The van der Waals surface area contributed by atoms with Crippen LogP contribution in [0.2, 0.25) is 0 Å². The summed E-state index contributed by atoms with van der Waals surface area (Å²) in [6, 6.07) is 0. The van der Waals surface area contributed by atoms with E-state index in [9.17, 15) is 14.4 Å². The summed E-state index contributed by atoms with van der Waals surface area (Å²) in [6.45, 7) is 6.86. The highest BCUT2D eigenvalue weighted by atomic mass is 16.6. The van der Waals surface area contributed by atoms with Crippen LogP contribution < -0.4 is 0 Å². The largest absolute Gasteiger partial charge is 0.481 e. The molecule has 2 heterocycles. The van der Waals surface area contributed by atoms with Crippen molar-refractivity contribution in [2.75, 3.05) is 33.3 Å². The van der Waals surface area contributed by atoms with Crippen molar-refractivity contribution in [1.29, 1.82) is 0 Å².